The number of aromatic nitrogens is 2. The van der Waals surface area contributed by atoms with Crippen molar-refractivity contribution in [2.24, 2.45) is 0 Å². The number of ether oxygens (including phenoxy) is 1. The van der Waals surface area contributed by atoms with Gasteiger partial charge in [0, 0.05) is 35.4 Å². The second kappa shape index (κ2) is 10.1. The van der Waals surface area contributed by atoms with E-state index in [2.05, 4.69) is 20.2 Å². The molecule has 1 unspecified atom stereocenters. The summed E-state index contributed by atoms with van der Waals surface area (Å²) < 4.78 is 5.39. The van der Waals surface area contributed by atoms with Gasteiger partial charge in [-0.2, -0.15) is 0 Å². The lowest BCUT2D eigenvalue weighted by Crippen LogP contribution is -2.41. The molecule has 2 aromatic carbocycles. The molecule has 1 amide bonds. The van der Waals surface area contributed by atoms with Crippen LogP contribution in [0.5, 0.6) is 0 Å². The molecule has 1 saturated heterocycles. The van der Waals surface area contributed by atoms with E-state index < -0.39 is 0 Å². The zero-order valence-corrected chi connectivity index (χ0v) is 21.0. The van der Waals surface area contributed by atoms with Crippen molar-refractivity contribution in [1.82, 2.24) is 19.8 Å². The number of rotatable bonds is 5. The Bertz CT molecular complexity index is 1320. The molecule has 2 N–H and O–H groups in total. The lowest BCUT2D eigenvalue weighted by atomic mass is 9.93. The van der Waals surface area contributed by atoms with Crippen molar-refractivity contribution in [1.29, 1.82) is 0 Å². The third kappa shape index (κ3) is 5.16. The van der Waals surface area contributed by atoms with Crippen LogP contribution < -0.4 is 10.9 Å². The Morgan fingerprint density at radius 2 is 2.00 bits per heavy atom. The van der Waals surface area contributed by atoms with Gasteiger partial charge in [-0.3, -0.25) is 14.5 Å². The Morgan fingerprint density at radius 3 is 2.80 bits per heavy atom. The van der Waals surface area contributed by atoms with E-state index in [9.17, 15) is 9.59 Å². The number of benzene rings is 2. The Kier molecular flexibility index (Phi) is 6.98. The Labute approximate surface area is 213 Å². The highest BCUT2D eigenvalue weighted by atomic mass is 35.5. The maximum atomic E-state index is 13.1. The summed E-state index contributed by atoms with van der Waals surface area (Å²) in [6, 6.07) is 8.85. The van der Waals surface area contributed by atoms with Crippen LogP contribution in [0.4, 0.5) is 5.69 Å². The number of fused-ring (bicyclic) bond motifs is 2. The number of carbonyl (C=O) groups is 1. The molecule has 0 bridgehead atoms. The number of hydrogen-bond acceptors (Lipinski definition) is 6. The van der Waals surface area contributed by atoms with Gasteiger partial charge in [-0.1, -0.05) is 23.2 Å². The summed E-state index contributed by atoms with van der Waals surface area (Å²) in [5, 5.41) is 4.91. The summed E-state index contributed by atoms with van der Waals surface area (Å²) in [5.41, 5.74) is 3.21. The van der Waals surface area contributed by atoms with Crippen LogP contribution in [0.2, 0.25) is 10.0 Å². The van der Waals surface area contributed by atoms with Gasteiger partial charge in [-0.25, -0.2) is 4.98 Å². The predicted molar refractivity (Wildman–Crippen MR) is 137 cm³/mol. The first-order chi connectivity index (χ1) is 16.9. The molecule has 5 rings (SSSR count). The summed E-state index contributed by atoms with van der Waals surface area (Å²) in [4.78, 5) is 37.2. The zero-order chi connectivity index (χ0) is 24.5. The molecular weight excluding hydrogens is 489 g/mol. The number of H-pyrrole nitrogens is 1. The van der Waals surface area contributed by atoms with E-state index in [4.69, 9.17) is 27.9 Å². The van der Waals surface area contributed by atoms with E-state index >= 15 is 0 Å². The molecule has 8 nitrogen and oxygen atoms in total. The van der Waals surface area contributed by atoms with Gasteiger partial charge in [-0.15, -0.1) is 0 Å². The number of hydrogen-bond donors (Lipinski definition) is 2. The van der Waals surface area contributed by atoms with E-state index in [1.165, 1.54) is 0 Å². The molecule has 1 atom stereocenters. The lowest BCUT2D eigenvalue weighted by molar-refractivity contribution is -0.131. The summed E-state index contributed by atoms with van der Waals surface area (Å²) >= 11 is 12.6. The molecule has 0 aliphatic carbocycles. The lowest BCUT2D eigenvalue weighted by Gasteiger charge is -2.36. The summed E-state index contributed by atoms with van der Waals surface area (Å²) in [6.07, 6.45) is 0.709. The quantitative estimate of drug-likeness (QED) is 0.539. The van der Waals surface area contributed by atoms with Crippen LogP contribution in [-0.2, 0) is 22.5 Å². The van der Waals surface area contributed by atoms with Gasteiger partial charge in [0.25, 0.3) is 5.56 Å². The van der Waals surface area contributed by atoms with Crippen molar-refractivity contribution in [3.05, 3.63) is 67.7 Å². The Balaban J connectivity index is 1.28. The first kappa shape index (κ1) is 24.1. The third-order valence-electron chi connectivity index (χ3n) is 6.68. The summed E-state index contributed by atoms with van der Waals surface area (Å²) in [5.74, 6) is 0.594. The van der Waals surface area contributed by atoms with E-state index in [-0.39, 0.29) is 24.1 Å². The second-order valence-corrected chi connectivity index (χ2v) is 9.80. The number of amides is 1. The maximum Gasteiger partial charge on any atom is 0.258 e. The van der Waals surface area contributed by atoms with Crippen molar-refractivity contribution < 1.29 is 9.53 Å². The first-order valence-corrected chi connectivity index (χ1v) is 12.5. The number of anilines is 1. The topological polar surface area (TPSA) is 90.6 Å². The minimum Gasteiger partial charge on any atom is -0.379 e. The molecule has 1 aromatic heterocycles. The van der Waals surface area contributed by atoms with Gasteiger partial charge in [0.15, 0.2) is 0 Å². The fourth-order valence-electron chi connectivity index (χ4n) is 4.87. The highest BCUT2D eigenvalue weighted by molar-refractivity contribution is 6.35. The van der Waals surface area contributed by atoms with Gasteiger partial charge in [-0.05, 0) is 54.8 Å². The average molecular weight is 516 g/mol. The van der Waals surface area contributed by atoms with Crippen LogP contribution in [0.15, 0.2) is 35.1 Å². The Morgan fingerprint density at radius 1 is 1.20 bits per heavy atom. The van der Waals surface area contributed by atoms with Crippen LogP contribution in [0.1, 0.15) is 29.9 Å². The minimum absolute atomic E-state index is 0.0267. The molecule has 0 spiro atoms. The van der Waals surface area contributed by atoms with Crippen molar-refractivity contribution in [3.63, 3.8) is 0 Å². The maximum absolute atomic E-state index is 13.1. The fraction of sp³-hybridized carbons (Fsp3) is 0.400. The van der Waals surface area contributed by atoms with Crippen LogP contribution in [0.3, 0.4) is 0 Å². The second-order valence-electron chi connectivity index (χ2n) is 8.96. The van der Waals surface area contributed by atoms with E-state index in [0.29, 0.717) is 59.5 Å². The molecule has 3 heterocycles. The van der Waals surface area contributed by atoms with Gasteiger partial charge < -0.3 is 19.9 Å². The largest absolute Gasteiger partial charge is 0.379 e. The summed E-state index contributed by atoms with van der Waals surface area (Å²) in [7, 11) is 0. The van der Waals surface area contributed by atoms with E-state index in [1.807, 2.05) is 24.0 Å². The van der Waals surface area contributed by atoms with E-state index in [0.717, 1.165) is 29.9 Å². The number of nitrogens with zero attached hydrogens (tertiary/aromatic N) is 3. The van der Waals surface area contributed by atoms with Gasteiger partial charge >= 0.3 is 0 Å². The highest BCUT2D eigenvalue weighted by Crippen LogP contribution is 2.36. The van der Waals surface area contributed by atoms with Gasteiger partial charge in [0.2, 0.25) is 5.91 Å². The minimum atomic E-state index is -0.168. The molecule has 10 heteroatoms. The Hall–Kier alpha value is -2.65. The summed E-state index contributed by atoms with van der Waals surface area (Å²) in [6.45, 7) is 6.25. The normalized spacial score (nSPS) is 18.5. The number of carbonyl (C=O) groups excluding carboxylic acids is 1. The van der Waals surface area contributed by atoms with Crippen molar-refractivity contribution in [2.45, 2.75) is 25.9 Å². The van der Waals surface area contributed by atoms with Crippen molar-refractivity contribution in [3.8, 4) is 0 Å². The molecule has 3 aromatic rings. The first-order valence-electron chi connectivity index (χ1n) is 11.7. The SMILES string of the molecule is CC1c2c(Cl)cc(Cl)cc2CCN1C(=O)CNc1ccc2c(=O)[nH]c(CN3CCOCC3)nc2c1. The number of morpholine rings is 1. The molecule has 0 saturated carbocycles. The predicted octanol–water partition coefficient (Wildman–Crippen LogP) is 3.62. The van der Waals surface area contributed by atoms with Crippen LogP contribution in [0, 0.1) is 0 Å². The molecule has 0 radical (unpaired) electrons. The number of halogens is 2. The number of nitrogens with one attached hydrogen (secondary N) is 2. The smallest absolute Gasteiger partial charge is 0.258 e. The molecule has 184 valence electrons. The molecule has 2 aliphatic heterocycles. The molecule has 35 heavy (non-hydrogen) atoms. The van der Waals surface area contributed by atoms with Crippen molar-refractivity contribution in [2.75, 3.05) is 44.7 Å². The third-order valence-corrected chi connectivity index (χ3v) is 7.21. The van der Waals surface area contributed by atoms with Crippen LogP contribution in [0.25, 0.3) is 10.9 Å². The van der Waals surface area contributed by atoms with Crippen LogP contribution >= 0.6 is 23.2 Å². The van der Waals surface area contributed by atoms with Crippen LogP contribution in [-0.4, -0.2) is 65.1 Å². The highest BCUT2D eigenvalue weighted by Gasteiger charge is 2.29. The van der Waals surface area contributed by atoms with Crippen molar-refractivity contribution >= 4 is 45.7 Å². The van der Waals surface area contributed by atoms with Gasteiger partial charge in [0.1, 0.15) is 5.82 Å². The number of aromatic amines is 1. The standard InChI is InChI=1S/C25H27Cl2N5O3/c1-15-24-16(10-17(26)11-20(24)27)4-5-32(15)23(33)13-28-18-2-3-19-21(12-18)29-22(30-25(19)34)14-31-6-8-35-9-7-31/h2-3,10-12,15,28H,4-9,13-14H2,1H3,(H,29,30,34). The van der Waals surface area contributed by atoms with E-state index in [1.54, 1.807) is 18.2 Å². The monoisotopic (exact) mass is 515 g/mol. The zero-order valence-electron chi connectivity index (χ0n) is 19.4. The molecule has 2 aliphatic rings. The fourth-order valence-corrected chi connectivity index (χ4v) is 5.56. The molecular formula is C25H27Cl2N5O3. The van der Waals surface area contributed by atoms with Gasteiger partial charge in [0.05, 0.1) is 43.2 Å². The molecule has 1 fully saturated rings. The average Bonchev–Trinajstić information content (AvgIpc) is 2.82.